The molecule has 300 valence electrons. The van der Waals surface area contributed by atoms with Gasteiger partial charge in [-0.3, -0.25) is 0 Å². The van der Waals surface area contributed by atoms with Crippen molar-refractivity contribution in [2.45, 2.75) is 39.5 Å². The van der Waals surface area contributed by atoms with Gasteiger partial charge in [-0.25, -0.2) is 0 Å². The largest absolute Gasteiger partial charge is 0.497 e. The highest BCUT2D eigenvalue weighted by Gasteiger charge is 2.45. The van der Waals surface area contributed by atoms with Crippen molar-refractivity contribution in [1.29, 1.82) is 0 Å². The molecule has 7 aromatic carbocycles. The zero-order valence-corrected chi connectivity index (χ0v) is 35.6. The normalized spacial score (nSPS) is 12.5. The maximum Gasteiger partial charge on any atom is 0.252 e. The highest BCUT2D eigenvalue weighted by molar-refractivity contribution is 7.00. The van der Waals surface area contributed by atoms with Crippen molar-refractivity contribution < 1.29 is 18.9 Å². The molecule has 7 nitrogen and oxygen atoms in total. The third-order valence-corrected chi connectivity index (χ3v) is 12.0. The molecule has 9 rings (SSSR count). The summed E-state index contributed by atoms with van der Waals surface area (Å²) in [7, 11) is 6.88. The Kier molecular flexibility index (Phi) is 10.2. The number of nitrogens with zero attached hydrogens (tertiary/aromatic N) is 3. The Bertz CT molecular complexity index is 2590. The molecule has 0 aromatic heterocycles. The molecule has 0 saturated carbocycles. The fourth-order valence-electron chi connectivity index (χ4n) is 8.85. The van der Waals surface area contributed by atoms with E-state index in [1.54, 1.807) is 28.4 Å². The van der Waals surface area contributed by atoms with Crippen molar-refractivity contribution in [3.8, 4) is 23.0 Å². The average molecular weight is 792 g/mol. The predicted molar refractivity (Wildman–Crippen MR) is 250 cm³/mol. The highest BCUT2D eigenvalue weighted by Crippen LogP contribution is 2.51. The number of hydrogen-bond acceptors (Lipinski definition) is 7. The molecular formula is C52H50BN3O4. The Balaban J connectivity index is 1.41. The Morgan fingerprint density at radius 1 is 0.433 bits per heavy atom. The minimum Gasteiger partial charge on any atom is -0.497 e. The van der Waals surface area contributed by atoms with E-state index in [4.69, 9.17) is 18.9 Å². The van der Waals surface area contributed by atoms with Crippen LogP contribution >= 0.6 is 0 Å². The van der Waals surface area contributed by atoms with Gasteiger partial charge in [-0.05, 0) is 161 Å². The Morgan fingerprint density at radius 2 is 0.833 bits per heavy atom. The predicted octanol–water partition coefficient (Wildman–Crippen LogP) is 11.5. The van der Waals surface area contributed by atoms with Crippen molar-refractivity contribution in [3.05, 3.63) is 157 Å². The lowest BCUT2D eigenvalue weighted by Gasteiger charge is -2.46. The molecule has 0 radical (unpaired) electrons. The van der Waals surface area contributed by atoms with Gasteiger partial charge in [0.2, 0.25) is 0 Å². The zero-order valence-electron chi connectivity index (χ0n) is 35.6. The standard InChI is InChI=1S/C52H50BN3O4/c1-33(2)35-9-13-37(14-10-35)54(38-15-11-36(12-16-38)34(3)4)50-30-29-49-51-52(50)56(40-19-23-42(58-6)24-20-40)48-28-26-44(60-8)32-46(48)53(51)45-31-43(59-7)25-27-47(45)55(49)39-17-21-41(57-5)22-18-39/h9-34H,1-8H3. The van der Waals surface area contributed by atoms with Crippen molar-refractivity contribution in [2.75, 3.05) is 43.1 Å². The second kappa shape index (κ2) is 15.8. The van der Waals surface area contributed by atoms with E-state index >= 15 is 0 Å². The SMILES string of the molecule is COc1ccc(N2c3ccc(OC)cc3B3c4cc(OC)ccc4N(c4ccc(OC)cc4)c4c(N(c5ccc(C(C)C)cc5)c5ccc(C(C)C)cc5)ccc2c43)cc1. The molecule has 2 aliphatic heterocycles. The van der Waals surface area contributed by atoms with E-state index in [1.807, 2.05) is 24.3 Å². The van der Waals surface area contributed by atoms with Gasteiger partial charge in [-0.1, -0.05) is 52.0 Å². The number of ether oxygens (including phenoxy) is 4. The van der Waals surface area contributed by atoms with Crippen molar-refractivity contribution in [2.24, 2.45) is 0 Å². The molecule has 7 aromatic rings. The zero-order chi connectivity index (χ0) is 41.7. The van der Waals surface area contributed by atoms with Crippen molar-refractivity contribution in [3.63, 3.8) is 0 Å². The number of hydrogen-bond donors (Lipinski definition) is 0. The number of anilines is 9. The molecule has 0 spiro atoms. The summed E-state index contributed by atoms with van der Waals surface area (Å²) < 4.78 is 23.2. The van der Waals surface area contributed by atoms with Crippen LogP contribution in [0.4, 0.5) is 51.2 Å². The van der Waals surface area contributed by atoms with E-state index in [0.717, 1.165) is 85.1 Å². The Labute approximate surface area is 354 Å². The molecule has 8 heteroatoms. The average Bonchev–Trinajstić information content (AvgIpc) is 3.29. The maximum absolute atomic E-state index is 5.97. The van der Waals surface area contributed by atoms with Gasteiger partial charge in [-0.2, -0.15) is 0 Å². The molecule has 2 heterocycles. The van der Waals surface area contributed by atoms with Crippen LogP contribution in [0.25, 0.3) is 0 Å². The highest BCUT2D eigenvalue weighted by atomic mass is 16.5. The minimum absolute atomic E-state index is 0.178. The summed E-state index contributed by atoms with van der Waals surface area (Å²) >= 11 is 0. The molecule has 0 bridgehead atoms. The lowest BCUT2D eigenvalue weighted by molar-refractivity contribution is 0.414. The van der Waals surface area contributed by atoms with E-state index in [1.165, 1.54) is 16.6 Å². The first-order valence-corrected chi connectivity index (χ1v) is 20.6. The van der Waals surface area contributed by atoms with Gasteiger partial charge in [0.25, 0.3) is 6.71 Å². The number of benzene rings is 7. The smallest absolute Gasteiger partial charge is 0.252 e. The van der Waals surface area contributed by atoms with Crippen LogP contribution in [0, 0.1) is 0 Å². The lowest BCUT2D eigenvalue weighted by atomic mass is 9.33. The van der Waals surface area contributed by atoms with Crippen LogP contribution in [0.3, 0.4) is 0 Å². The van der Waals surface area contributed by atoms with Gasteiger partial charge < -0.3 is 33.6 Å². The number of rotatable bonds is 11. The molecule has 2 aliphatic rings. The summed E-state index contributed by atoms with van der Waals surface area (Å²) in [6.07, 6.45) is 0. The molecular weight excluding hydrogens is 741 g/mol. The topological polar surface area (TPSA) is 46.6 Å². The molecule has 0 aliphatic carbocycles. The van der Waals surface area contributed by atoms with E-state index in [-0.39, 0.29) is 6.71 Å². The van der Waals surface area contributed by atoms with Crippen molar-refractivity contribution in [1.82, 2.24) is 0 Å². The molecule has 60 heavy (non-hydrogen) atoms. The summed E-state index contributed by atoms with van der Waals surface area (Å²) in [6.45, 7) is 8.79. The van der Waals surface area contributed by atoms with E-state index in [0.29, 0.717) is 11.8 Å². The molecule has 0 N–H and O–H groups in total. The van der Waals surface area contributed by atoms with Gasteiger partial charge in [0.15, 0.2) is 0 Å². The van der Waals surface area contributed by atoms with Crippen LogP contribution in [0.1, 0.15) is 50.7 Å². The first-order chi connectivity index (χ1) is 29.2. The molecule has 0 saturated heterocycles. The minimum atomic E-state index is -0.178. The van der Waals surface area contributed by atoms with Crippen LogP contribution in [0.2, 0.25) is 0 Å². The fraction of sp³-hybridized carbons (Fsp3) is 0.192. The number of methoxy groups -OCH3 is 4. The first kappa shape index (κ1) is 38.7. The second-order valence-corrected chi connectivity index (χ2v) is 16.0. The fourth-order valence-corrected chi connectivity index (χ4v) is 8.85. The summed E-state index contributed by atoms with van der Waals surface area (Å²) in [5, 5.41) is 0. The van der Waals surface area contributed by atoms with Gasteiger partial charge in [0.1, 0.15) is 23.0 Å². The van der Waals surface area contributed by atoms with Crippen molar-refractivity contribution >= 4 is 74.3 Å². The summed E-state index contributed by atoms with van der Waals surface area (Å²) in [5.74, 6) is 4.00. The Morgan fingerprint density at radius 3 is 1.27 bits per heavy atom. The van der Waals surface area contributed by atoms with Gasteiger partial charge in [0.05, 0.1) is 39.8 Å². The quantitative estimate of drug-likeness (QED) is 0.121. The monoisotopic (exact) mass is 791 g/mol. The van der Waals surface area contributed by atoms with E-state index < -0.39 is 0 Å². The second-order valence-electron chi connectivity index (χ2n) is 16.0. The Hall–Kier alpha value is -6.80. The summed E-state index contributed by atoms with van der Waals surface area (Å²) in [5.41, 5.74) is 15.6. The van der Waals surface area contributed by atoms with E-state index in [9.17, 15) is 0 Å². The maximum atomic E-state index is 5.97. The van der Waals surface area contributed by atoms with Gasteiger partial charge >= 0.3 is 0 Å². The number of fused-ring (bicyclic) bond motifs is 4. The van der Waals surface area contributed by atoms with Crippen LogP contribution < -0.4 is 50.0 Å². The van der Waals surface area contributed by atoms with Gasteiger partial charge in [-0.15, -0.1) is 0 Å². The summed E-state index contributed by atoms with van der Waals surface area (Å²) in [4.78, 5) is 7.23. The molecule has 0 atom stereocenters. The first-order valence-electron chi connectivity index (χ1n) is 20.6. The van der Waals surface area contributed by atoms with Gasteiger partial charge in [0, 0.05) is 39.8 Å². The van der Waals surface area contributed by atoms with Crippen LogP contribution in [0.5, 0.6) is 23.0 Å². The van der Waals surface area contributed by atoms with Crippen LogP contribution in [0.15, 0.2) is 146 Å². The van der Waals surface area contributed by atoms with Crippen LogP contribution in [-0.2, 0) is 0 Å². The van der Waals surface area contributed by atoms with E-state index in [2.05, 4.69) is 164 Å². The molecule has 0 amide bonds. The third-order valence-electron chi connectivity index (χ3n) is 12.0. The van der Waals surface area contributed by atoms with Crippen LogP contribution in [-0.4, -0.2) is 35.2 Å². The lowest BCUT2D eigenvalue weighted by Crippen LogP contribution is -2.61. The molecule has 0 unspecified atom stereocenters. The molecule has 0 fully saturated rings. The summed E-state index contributed by atoms with van der Waals surface area (Å²) in [6, 6.07) is 52.3. The third kappa shape index (κ3) is 6.57.